The molecule has 10 heteroatoms. The molecule has 6 aromatic rings. The molecule has 0 fully saturated rings. The van der Waals surface area contributed by atoms with Crippen molar-refractivity contribution < 1.29 is 15.3 Å². The summed E-state index contributed by atoms with van der Waals surface area (Å²) < 4.78 is 0. The van der Waals surface area contributed by atoms with E-state index in [-0.39, 0.29) is 59.8 Å². The Kier molecular flexibility index (Phi) is 13.9. The van der Waals surface area contributed by atoms with Crippen LogP contribution in [0.1, 0.15) is 87.5 Å². The van der Waals surface area contributed by atoms with Crippen LogP contribution in [0.2, 0.25) is 0 Å². The van der Waals surface area contributed by atoms with Crippen LogP contribution >= 0.6 is 0 Å². The minimum atomic E-state index is 0. The van der Waals surface area contributed by atoms with E-state index in [1.165, 1.54) is 33.4 Å². The van der Waals surface area contributed by atoms with Crippen molar-refractivity contribution in [1.29, 1.82) is 0 Å². The smallest absolute Gasteiger partial charge is 0.872 e. The first-order chi connectivity index (χ1) is 27.7. The van der Waals surface area contributed by atoms with Crippen molar-refractivity contribution in [2.75, 3.05) is 0 Å². The molecule has 58 heavy (non-hydrogen) atoms. The maximum absolute atomic E-state index is 11.8. The second-order valence-electron chi connectivity index (χ2n) is 14.6. The quantitative estimate of drug-likeness (QED) is 0.152. The maximum Gasteiger partial charge on any atom is 3.00 e. The third-order valence-electron chi connectivity index (χ3n) is 10.3. The fourth-order valence-electron chi connectivity index (χ4n) is 6.92. The summed E-state index contributed by atoms with van der Waals surface area (Å²) in [6.07, 6.45) is 2.26. The predicted molar refractivity (Wildman–Crippen MR) is 228 cm³/mol. The summed E-state index contributed by atoms with van der Waals surface area (Å²) in [4.78, 5) is 0. The van der Waals surface area contributed by atoms with Crippen molar-refractivity contribution in [3.8, 4) is 17.2 Å². The van der Waals surface area contributed by atoms with Crippen LogP contribution in [0.25, 0.3) is 0 Å². The van der Waals surface area contributed by atoms with E-state index in [9.17, 15) is 15.3 Å². The van der Waals surface area contributed by atoms with Gasteiger partial charge in [-0.15, -0.1) is 0 Å². The van der Waals surface area contributed by atoms with Gasteiger partial charge in [0.25, 0.3) is 0 Å². The fraction of sp³-hybridized carbons (Fsp3) is 0.188. The van der Waals surface area contributed by atoms with Gasteiger partial charge in [0.1, 0.15) is 0 Å². The monoisotopic (exact) mass is 874 g/mol. The molecule has 9 nitrogen and oxygen atoms in total. The summed E-state index contributed by atoms with van der Waals surface area (Å²) in [5.74, 6) is 0.104. The Morgan fingerprint density at radius 3 is 0.862 bits per heavy atom. The van der Waals surface area contributed by atoms with E-state index >= 15 is 0 Å². The van der Waals surface area contributed by atoms with Gasteiger partial charge in [0.15, 0.2) is 0 Å². The van der Waals surface area contributed by atoms with Gasteiger partial charge in [0.05, 0.1) is 35.3 Å². The summed E-state index contributed by atoms with van der Waals surface area (Å²) in [7, 11) is 0. The zero-order valence-electron chi connectivity index (χ0n) is 32.7. The minimum Gasteiger partial charge on any atom is -0.872 e. The van der Waals surface area contributed by atoms with Crippen LogP contribution in [0.5, 0.6) is 17.2 Å². The maximum atomic E-state index is 11.8. The fourth-order valence-corrected chi connectivity index (χ4v) is 6.92. The van der Waals surface area contributed by atoms with E-state index in [0.29, 0.717) is 16.7 Å². The van der Waals surface area contributed by atoms with Crippen LogP contribution in [0, 0.1) is 20.8 Å². The Morgan fingerprint density at radius 2 is 0.621 bits per heavy atom. The van der Waals surface area contributed by atoms with Gasteiger partial charge < -0.3 is 31.6 Å². The van der Waals surface area contributed by atoms with Crippen molar-refractivity contribution in [2.24, 2.45) is 15.3 Å². The number of hydrogen-bond acceptors (Lipinski definition) is 9. The average molecular weight is 876 g/mol. The first-order valence-corrected chi connectivity index (χ1v) is 19.2. The molecule has 3 atom stereocenters. The number of nitrogens with one attached hydrogen (secondary N) is 3. The molecule has 3 heterocycles. The van der Waals surface area contributed by atoms with E-state index in [1.807, 2.05) is 36.4 Å². The molecule has 0 spiro atoms. The molecule has 0 aromatic heterocycles. The van der Waals surface area contributed by atoms with Crippen molar-refractivity contribution in [1.82, 2.24) is 16.3 Å². The van der Waals surface area contributed by atoms with Crippen molar-refractivity contribution in [3.63, 3.8) is 0 Å². The van der Waals surface area contributed by atoms with E-state index < -0.39 is 0 Å². The third-order valence-corrected chi connectivity index (χ3v) is 10.3. The Hall–Kier alpha value is -6.05. The summed E-state index contributed by atoms with van der Waals surface area (Å²) >= 11 is 0. The van der Waals surface area contributed by atoms with Crippen molar-refractivity contribution in [2.45, 2.75) is 58.2 Å². The van der Waals surface area contributed by atoms with Crippen LogP contribution in [0.15, 0.2) is 161 Å². The van der Waals surface area contributed by atoms with Crippen LogP contribution in [0.3, 0.4) is 0 Å². The first-order valence-electron chi connectivity index (χ1n) is 19.2. The van der Waals surface area contributed by atoms with Gasteiger partial charge in [0.2, 0.25) is 0 Å². The largest absolute Gasteiger partial charge is 3.00 e. The van der Waals surface area contributed by atoms with Gasteiger partial charge >= 0.3 is 24.4 Å². The van der Waals surface area contributed by atoms with Gasteiger partial charge in [-0.05, 0) is 54.2 Å². The first kappa shape index (κ1) is 41.6. The summed E-state index contributed by atoms with van der Waals surface area (Å²) in [6, 6.07) is 46.8. The molecule has 3 aliphatic rings. The second kappa shape index (κ2) is 19.4. The number of benzene rings is 6. The minimum absolute atomic E-state index is 0. The topological polar surface area (TPSA) is 142 Å². The van der Waals surface area contributed by atoms with Gasteiger partial charge in [0, 0.05) is 19.3 Å². The number of hydrazone groups is 3. The molecular weight excluding hydrogens is 830 g/mol. The van der Waals surface area contributed by atoms with Crippen LogP contribution in [-0.4, -0.2) is 41.6 Å². The molecule has 3 aliphatic heterocycles. The predicted octanol–water partition coefficient (Wildman–Crippen LogP) is 7.14. The zero-order chi connectivity index (χ0) is 39.7. The normalized spacial score (nSPS) is 17.6. The van der Waals surface area contributed by atoms with Crippen molar-refractivity contribution in [3.05, 3.63) is 196 Å². The summed E-state index contributed by atoms with van der Waals surface area (Å²) in [5, 5.41) is 48.3. The summed E-state index contributed by atoms with van der Waals surface area (Å²) in [6.45, 7) is 6.21. The molecule has 290 valence electrons. The van der Waals surface area contributed by atoms with Gasteiger partial charge in [-0.25, -0.2) is 0 Å². The number of rotatable bonds is 6. The number of nitrogens with zero attached hydrogens (tertiary/aromatic N) is 3. The van der Waals surface area contributed by atoms with Crippen LogP contribution in [-0.2, 0) is 0 Å². The SMILES string of the molecule is Cc1ccc(C2CC(c3ccccc3[O-])=NN2)cc1.Cc1ccc(C2CC(c3ccccc3[O-])=NN2)cc1.Cc1ccc(C2CC(c3ccccc3[O-])=NN2)cc1.[Sb+3]. The Labute approximate surface area is 357 Å². The Morgan fingerprint density at radius 1 is 0.379 bits per heavy atom. The molecule has 9 rings (SSSR count). The molecule has 0 amide bonds. The zero-order valence-corrected chi connectivity index (χ0v) is 35.3. The molecule has 0 bridgehead atoms. The van der Waals surface area contributed by atoms with E-state index in [1.54, 1.807) is 36.4 Å². The summed E-state index contributed by atoms with van der Waals surface area (Å²) in [5.41, 5.74) is 21.3. The van der Waals surface area contributed by atoms with Crippen LogP contribution < -0.4 is 31.6 Å². The molecule has 0 saturated carbocycles. The standard InChI is InChI=1S/3C16H16N2O.Sb/c3*1-11-6-8-12(9-7-11)14-10-15(18-17-14)13-4-2-3-5-16(13)19;/h3*2-9,14,17,19H,10H2,1H3;/q;;;+3/p-3. The van der Waals surface area contributed by atoms with Gasteiger partial charge in [-0.1, -0.05) is 180 Å². The van der Waals surface area contributed by atoms with E-state index in [0.717, 1.165) is 36.4 Å². The molecule has 6 aromatic carbocycles. The van der Waals surface area contributed by atoms with Gasteiger partial charge in [-0.3, -0.25) is 0 Å². The number of hydrogen-bond donors (Lipinski definition) is 3. The molecule has 2 radical (unpaired) electrons. The Bertz CT molecular complexity index is 2130. The molecule has 3 unspecified atom stereocenters. The van der Waals surface area contributed by atoms with Crippen LogP contribution in [0.4, 0.5) is 0 Å². The molecule has 3 N–H and O–H groups in total. The number of para-hydroxylation sites is 3. The number of aryl methyl sites for hydroxylation is 3. The average Bonchev–Trinajstić information content (AvgIpc) is 4.03. The van der Waals surface area contributed by atoms with E-state index in [2.05, 4.69) is 125 Å². The third kappa shape index (κ3) is 10.3. The second-order valence-corrected chi connectivity index (χ2v) is 14.6. The molecule has 0 aliphatic carbocycles. The molecule has 0 saturated heterocycles. The Balaban J connectivity index is 0.000000145. The van der Waals surface area contributed by atoms with Crippen molar-refractivity contribution >= 4 is 41.6 Å². The van der Waals surface area contributed by atoms with E-state index in [4.69, 9.17) is 0 Å². The molecular formula is C48H45N6O3Sb. The van der Waals surface area contributed by atoms with Gasteiger partial charge in [-0.2, -0.15) is 15.3 Å².